The van der Waals surface area contributed by atoms with Gasteiger partial charge in [0, 0.05) is 12.8 Å². The van der Waals surface area contributed by atoms with Crippen LogP contribution in [0.15, 0.2) is 24.3 Å². The third kappa shape index (κ3) is 3.81. The standard InChI is InChI=1S/C15H19NO3/c17-14(9-4-10-15(18)19)16-13-8-3-6-11-5-1-2-7-12(11)13/h1-2,5,7,13H,3-4,6,8-10H2,(H,16,17)(H,18,19)/t13-/m1/s1. The molecule has 0 saturated heterocycles. The second-order valence-corrected chi connectivity index (χ2v) is 4.96. The lowest BCUT2D eigenvalue weighted by Gasteiger charge is -2.26. The number of amides is 1. The first-order chi connectivity index (χ1) is 9.16. The van der Waals surface area contributed by atoms with Crippen molar-refractivity contribution in [3.63, 3.8) is 0 Å². The number of aliphatic carboxylic acids is 1. The van der Waals surface area contributed by atoms with Crippen LogP contribution in [-0.4, -0.2) is 17.0 Å². The first-order valence-corrected chi connectivity index (χ1v) is 6.76. The Morgan fingerprint density at radius 3 is 2.84 bits per heavy atom. The van der Waals surface area contributed by atoms with Gasteiger partial charge in [0.1, 0.15) is 0 Å². The number of carboxylic acid groups (broad SMARTS) is 1. The number of hydrogen-bond donors (Lipinski definition) is 2. The Kier molecular flexibility index (Phi) is 4.55. The first-order valence-electron chi connectivity index (χ1n) is 6.76. The van der Waals surface area contributed by atoms with Crippen LogP contribution < -0.4 is 5.32 Å². The average molecular weight is 261 g/mol. The van der Waals surface area contributed by atoms with E-state index in [9.17, 15) is 9.59 Å². The Bertz CT molecular complexity index is 470. The Labute approximate surface area is 112 Å². The monoisotopic (exact) mass is 261 g/mol. The Morgan fingerprint density at radius 2 is 2.05 bits per heavy atom. The molecule has 4 nitrogen and oxygen atoms in total. The van der Waals surface area contributed by atoms with Crippen LogP contribution in [0.5, 0.6) is 0 Å². The predicted octanol–water partition coefficient (Wildman–Crippen LogP) is 2.44. The summed E-state index contributed by atoms with van der Waals surface area (Å²) < 4.78 is 0. The highest BCUT2D eigenvalue weighted by Crippen LogP contribution is 2.29. The van der Waals surface area contributed by atoms with Gasteiger partial charge in [0.15, 0.2) is 0 Å². The van der Waals surface area contributed by atoms with E-state index in [1.807, 2.05) is 12.1 Å². The highest BCUT2D eigenvalue weighted by atomic mass is 16.4. The fourth-order valence-electron chi connectivity index (χ4n) is 2.57. The van der Waals surface area contributed by atoms with Crippen molar-refractivity contribution in [2.24, 2.45) is 0 Å². The summed E-state index contributed by atoms with van der Waals surface area (Å²) in [6, 6.07) is 8.28. The van der Waals surface area contributed by atoms with Crippen LogP contribution in [0, 0.1) is 0 Å². The molecule has 1 amide bonds. The number of carbonyl (C=O) groups is 2. The zero-order valence-electron chi connectivity index (χ0n) is 10.9. The smallest absolute Gasteiger partial charge is 0.303 e. The molecule has 0 bridgehead atoms. The minimum Gasteiger partial charge on any atom is -0.481 e. The van der Waals surface area contributed by atoms with Crippen molar-refractivity contribution in [1.82, 2.24) is 5.32 Å². The number of carbonyl (C=O) groups excluding carboxylic acids is 1. The molecular formula is C15H19NO3. The number of benzene rings is 1. The normalized spacial score (nSPS) is 17.6. The molecule has 1 aromatic carbocycles. The molecule has 0 saturated carbocycles. The lowest BCUT2D eigenvalue weighted by atomic mass is 9.87. The number of fused-ring (bicyclic) bond motifs is 1. The molecule has 0 spiro atoms. The topological polar surface area (TPSA) is 66.4 Å². The number of aryl methyl sites for hydroxylation is 1. The molecule has 19 heavy (non-hydrogen) atoms. The number of hydrogen-bond acceptors (Lipinski definition) is 2. The van der Waals surface area contributed by atoms with Gasteiger partial charge < -0.3 is 10.4 Å². The second-order valence-electron chi connectivity index (χ2n) is 4.96. The SMILES string of the molecule is O=C(O)CCCC(=O)N[C@@H]1CCCc2ccccc21. The molecule has 0 aliphatic heterocycles. The van der Waals surface area contributed by atoms with Gasteiger partial charge in [-0.2, -0.15) is 0 Å². The van der Waals surface area contributed by atoms with Crippen LogP contribution in [0.25, 0.3) is 0 Å². The summed E-state index contributed by atoms with van der Waals surface area (Å²) >= 11 is 0. The zero-order chi connectivity index (χ0) is 13.7. The van der Waals surface area contributed by atoms with Gasteiger partial charge in [0.25, 0.3) is 0 Å². The van der Waals surface area contributed by atoms with Crippen molar-refractivity contribution in [3.8, 4) is 0 Å². The highest BCUT2D eigenvalue weighted by molar-refractivity contribution is 5.77. The molecule has 1 aliphatic rings. The van der Waals surface area contributed by atoms with Crippen LogP contribution in [0.1, 0.15) is 49.3 Å². The lowest BCUT2D eigenvalue weighted by Crippen LogP contribution is -2.30. The van der Waals surface area contributed by atoms with Gasteiger partial charge in [-0.25, -0.2) is 0 Å². The Hall–Kier alpha value is -1.84. The summed E-state index contributed by atoms with van der Waals surface area (Å²) in [6.45, 7) is 0. The number of nitrogens with one attached hydrogen (secondary N) is 1. The quantitative estimate of drug-likeness (QED) is 0.855. The maximum atomic E-state index is 11.8. The summed E-state index contributed by atoms with van der Waals surface area (Å²) in [7, 11) is 0. The van der Waals surface area contributed by atoms with E-state index < -0.39 is 5.97 Å². The maximum absolute atomic E-state index is 11.8. The molecule has 0 heterocycles. The Morgan fingerprint density at radius 1 is 1.26 bits per heavy atom. The van der Waals surface area contributed by atoms with Crippen molar-refractivity contribution in [2.75, 3.05) is 0 Å². The van der Waals surface area contributed by atoms with Gasteiger partial charge in [-0.15, -0.1) is 0 Å². The maximum Gasteiger partial charge on any atom is 0.303 e. The summed E-state index contributed by atoms with van der Waals surface area (Å²) in [5, 5.41) is 11.6. The molecule has 0 aromatic heterocycles. The third-order valence-electron chi connectivity index (χ3n) is 3.50. The van der Waals surface area contributed by atoms with Crippen molar-refractivity contribution in [1.29, 1.82) is 0 Å². The molecule has 0 fully saturated rings. The van der Waals surface area contributed by atoms with Gasteiger partial charge in [-0.1, -0.05) is 24.3 Å². The minimum atomic E-state index is -0.851. The third-order valence-corrected chi connectivity index (χ3v) is 3.50. The molecular weight excluding hydrogens is 242 g/mol. The van der Waals surface area contributed by atoms with Crippen molar-refractivity contribution >= 4 is 11.9 Å². The summed E-state index contributed by atoms with van der Waals surface area (Å²) in [4.78, 5) is 22.2. The highest BCUT2D eigenvalue weighted by Gasteiger charge is 2.21. The predicted molar refractivity (Wildman–Crippen MR) is 71.8 cm³/mol. The van der Waals surface area contributed by atoms with E-state index in [0.29, 0.717) is 6.42 Å². The molecule has 2 N–H and O–H groups in total. The summed E-state index contributed by atoms with van der Waals surface area (Å²) in [6.07, 6.45) is 3.84. The molecule has 1 atom stereocenters. The fraction of sp³-hybridized carbons (Fsp3) is 0.467. The van der Waals surface area contributed by atoms with Crippen LogP contribution in [-0.2, 0) is 16.0 Å². The molecule has 1 aliphatic carbocycles. The van der Waals surface area contributed by atoms with E-state index in [-0.39, 0.29) is 24.8 Å². The number of rotatable bonds is 5. The van der Waals surface area contributed by atoms with Crippen molar-refractivity contribution < 1.29 is 14.7 Å². The van der Waals surface area contributed by atoms with E-state index in [1.54, 1.807) is 0 Å². The molecule has 2 rings (SSSR count). The van der Waals surface area contributed by atoms with E-state index in [4.69, 9.17) is 5.11 Å². The molecule has 0 radical (unpaired) electrons. The Balaban J connectivity index is 1.90. The lowest BCUT2D eigenvalue weighted by molar-refractivity contribution is -0.137. The van der Waals surface area contributed by atoms with E-state index in [0.717, 1.165) is 19.3 Å². The van der Waals surface area contributed by atoms with E-state index >= 15 is 0 Å². The van der Waals surface area contributed by atoms with Crippen LogP contribution in [0.4, 0.5) is 0 Å². The van der Waals surface area contributed by atoms with Crippen LogP contribution in [0.2, 0.25) is 0 Å². The average Bonchev–Trinajstić information content (AvgIpc) is 2.39. The minimum absolute atomic E-state index is 0.0503. The fourth-order valence-corrected chi connectivity index (χ4v) is 2.57. The molecule has 0 unspecified atom stereocenters. The van der Waals surface area contributed by atoms with Gasteiger partial charge in [0.2, 0.25) is 5.91 Å². The molecule has 4 heteroatoms. The zero-order valence-corrected chi connectivity index (χ0v) is 10.9. The van der Waals surface area contributed by atoms with Crippen molar-refractivity contribution in [2.45, 2.75) is 44.6 Å². The van der Waals surface area contributed by atoms with Gasteiger partial charge >= 0.3 is 5.97 Å². The van der Waals surface area contributed by atoms with Crippen molar-refractivity contribution in [3.05, 3.63) is 35.4 Å². The van der Waals surface area contributed by atoms with Crippen LogP contribution in [0.3, 0.4) is 0 Å². The summed E-state index contributed by atoms with van der Waals surface area (Å²) in [5.74, 6) is -0.904. The van der Waals surface area contributed by atoms with E-state index in [2.05, 4.69) is 17.4 Å². The van der Waals surface area contributed by atoms with Gasteiger partial charge in [-0.05, 0) is 36.8 Å². The summed E-state index contributed by atoms with van der Waals surface area (Å²) in [5.41, 5.74) is 2.52. The second kappa shape index (κ2) is 6.36. The molecule has 102 valence electrons. The van der Waals surface area contributed by atoms with Gasteiger partial charge in [-0.3, -0.25) is 9.59 Å². The largest absolute Gasteiger partial charge is 0.481 e. The first kappa shape index (κ1) is 13.6. The van der Waals surface area contributed by atoms with E-state index in [1.165, 1.54) is 11.1 Å². The van der Waals surface area contributed by atoms with Crippen LogP contribution >= 0.6 is 0 Å². The van der Waals surface area contributed by atoms with Gasteiger partial charge in [0.05, 0.1) is 6.04 Å². The number of carboxylic acids is 1. The molecule has 1 aromatic rings.